The van der Waals surface area contributed by atoms with E-state index in [9.17, 15) is 14.4 Å². The van der Waals surface area contributed by atoms with Crippen molar-refractivity contribution in [2.24, 2.45) is 22.7 Å². The number of ketones is 3. The highest BCUT2D eigenvalue weighted by Crippen LogP contribution is 2.69. The highest BCUT2D eigenvalue weighted by molar-refractivity contribution is 9.10. The number of rotatable bonds is 2. The molecule has 0 N–H and O–H groups in total. The van der Waals surface area contributed by atoms with E-state index in [-0.39, 0.29) is 28.7 Å². The van der Waals surface area contributed by atoms with Gasteiger partial charge in [-0.25, -0.2) is 0 Å². The van der Waals surface area contributed by atoms with Crippen LogP contribution >= 0.6 is 15.9 Å². The monoisotopic (exact) mass is 406 g/mol. The second-order valence-corrected chi connectivity index (χ2v) is 10.2. The maximum absolute atomic E-state index is 13.5. The molecule has 0 bridgehead atoms. The molecule has 0 amide bonds. The third-order valence-corrected chi connectivity index (χ3v) is 9.70. The molecule has 3 nitrogen and oxygen atoms in total. The summed E-state index contributed by atoms with van der Waals surface area (Å²) in [6.07, 6.45) is 8.82. The third-order valence-electron chi connectivity index (χ3n) is 7.91. The van der Waals surface area contributed by atoms with E-state index in [1.165, 1.54) is 5.57 Å². The molecule has 3 saturated carbocycles. The fourth-order valence-electron chi connectivity index (χ4n) is 6.77. The highest BCUT2D eigenvalue weighted by Gasteiger charge is 2.70. The van der Waals surface area contributed by atoms with Crippen molar-refractivity contribution < 1.29 is 14.4 Å². The molecule has 3 fully saturated rings. The molecule has 0 aliphatic heterocycles. The van der Waals surface area contributed by atoms with Gasteiger partial charge in [-0.3, -0.25) is 14.4 Å². The largest absolute Gasteiger partial charge is 0.299 e. The number of Topliss-reactive ketones (excluding diaryl/α,β-unsaturated/α-hetero) is 2. The predicted molar refractivity (Wildman–Crippen MR) is 99.5 cm³/mol. The molecule has 4 rings (SSSR count). The van der Waals surface area contributed by atoms with Crippen molar-refractivity contribution in [1.29, 1.82) is 0 Å². The number of hydrogen-bond acceptors (Lipinski definition) is 3. The number of alkyl halides is 1. The predicted octanol–water partition coefficient (Wildman–Crippen LogP) is 4.56. The van der Waals surface area contributed by atoms with Crippen molar-refractivity contribution in [3.8, 4) is 0 Å². The van der Waals surface area contributed by atoms with Crippen molar-refractivity contribution in [3.63, 3.8) is 0 Å². The Morgan fingerprint density at radius 1 is 1.08 bits per heavy atom. The van der Waals surface area contributed by atoms with Crippen LogP contribution in [0.25, 0.3) is 0 Å². The van der Waals surface area contributed by atoms with Gasteiger partial charge in [-0.1, -0.05) is 41.8 Å². The minimum absolute atomic E-state index is 0.208. The Balaban J connectivity index is 1.87. The number of carbonyl (C=O) groups excluding carboxylic acids is 3. The number of halogens is 1. The van der Waals surface area contributed by atoms with E-state index in [0.717, 1.165) is 38.5 Å². The van der Waals surface area contributed by atoms with E-state index in [1.54, 1.807) is 0 Å². The van der Waals surface area contributed by atoms with Gasteiger partial charge in [-0.2, -0.15) is 0 Å². The molecule has 0 aromatic heterocycles. The summed E-state index contributed by atoms with van der Waals surface area (Å²) in [4.78, 5) is 38.2. The van der Waals surface area contributed by atoms with E-state index in [0.29, 0.717) is 25.2 Å². The Hall–Kier alpha value is -0.770. The van der Waals surface area contributed by atoms with Crippen LogP contribution in [0.15, 0.2) is 11.6 Å². The van der Waals surface area contributed by atoms with Crippen LogP contribution in [-0.4, -0.2) is 21.7 Å². The topological polar surface area (TPSA) is 51.2 Å². The summed E-state index contributed by atoms with van der Waals surface area (Å²) in [5.41, 5.74) is 0.501. The van der Waals surface area contributed by atoms with Crippen LogP contribution in [0.4, 0.5) is 0 Å². The van der Waals surface area contributed by atoms with Crippen LogP contribution in [0.5, 0.6) is 0 Å². The molecular formula is C21H27BrO3. The number of hydrogen-bond donors (Lipinski definition) is 0. The molecule has 0 heterocycles. The fourth-order valence-corrected chi connectivity index (χ4v) is 8.11. The smallest absolute Gasteiger partial charge is 0.155 e. The molecule has 136 valence electrons. The van der Waals surface area contributed by atoms with Gasteiger partial charge in [0.1, 0.15) is 5.78 Å². The molecular weight excluding hydrogens is 380 g/mol. The van der Waals surface area contributed by atoms with Crippen LogP contribution in [-0.2, 0) is 14.4 Å². The Labute approximate surface area is 158 Å². The maximum atomic E-state index is 13.5. The first kappa shape index (κ1) is 17.6. The number of allylic oxidation sites excluding steroid dienone is 1. The zero-order valence-electron chi connectivity index (χ0n) is 15.2. The first-order valence-electron chi connectivity index (χ1n) is 9.79. The van der Waals surface area contributed by atoms with Crippen LogP contribution < -0.4 is 0 Å². The van der Waals surface area contributed by atoms with Gasteiger partial charge in [0.15, 0.2) is 11.6 Å². The lowest BCUT2D eigenvalue weighted by Gasteiger charge is -2.62. The molecule has 4 aliphatic rings. The average molecular weight is 407 g/mol. The van der Waals surface area contributed by atoms with Gasteiger partial charge in [-0.05, 0) is 50.0 Å². The first-order valence-corrected chi connectivity index (χ1v) is 10.6. The Bertz CT molecular complexity index is 695. The molecule has 4 aliphatic carbocycles. The van der Waals surface area contributed by atoms with E-state index in [4.69, 9.17) is 0 Å². The van der Waals surface area contributed by atoms with Gasteiger partial charge in [0.25, 0.3) is 0 Å². The average Bonchev–Trinajstić information content (AvgIpc) is 2.85. The molecule has 0 aromatic rings. The van der Waals surface area contributed by atoms with E-state index < -0.39 is 9.74 Å². The van der Waals surface area contributed by atoms with Gasteiger partial charge in [0.2, 0.25) is 0 Å². The minimum Gasteiger partial charge on any atom is -0.299 e. The zero-order valence-corrected chi connectivity index (χ0v) is 16.8. The van der Waals surface area contributed by atoms with Crippen molar-refractivity contribution in [3.05, 3.63) is 11.6 Å². The van der Waals surface area contributed by atoms with Gasteiger partial charge in [0.05, 0.1) is 4.32 Å². The number of fused-ring (bicyclic) bond motifs is 5. The standard InChI is InChI=1S/C21H27BrO3/c1-3-9-20-10-8-14(23)11-13(20)4-5-16-15-6-7-17(24)19(15,2)12-18(25)21(16,20)22/h11,15-16H,3-10,12H2,1-2H3/t15-,16-,19-,20-,21-/m0/s1. The summed E-state index contributed by atoms with van der Waals surface area (Å²) < 4.78 is -0.588. The molecule has 0 unspecified atom stereocenters. The summed E-state index contributed by atoms with van der Waals surface area (Å²) >= 11 is 4.03. The quantitative estimate of drug-likeness (QED) is 0.631. The summed E-state index contributed by atoms with van der Waals surface area (Å²) in [5, 5.41) is 0. The minimum atomic E-state index is -0.588. The normalized spacial score (nSPS) is 46.4. The molecule has 0 spiro atoms. The highest BCUT2D eigenvalue weighted by atomic mass is 79.9. The molecule has 0 aromatic carbocycles. The lowest BCUT2D eigenvalue weighted by Crippen LogP contribution is -2.65. The summed E-state index contributed by atoms with van der Waals surface area (Å²) in [5.74, 6) is 1.21. The Kier molecular flexibility index (Phi) is 3.96. The van der Waals surface area contributed by atoms with Crippen molar-refractivity contribution in [1.82, 2.24) is 0 Å². The van der Waals surface area contributed by atoms with Gasteiger partial charge in [-0.15, -0.1) is 0 Å². The van der Waals surface area contributed by atoms with E-state index in [1.807, 2.05) is 13.0 Å². The Morgan fingerprint density at radius 3 is 2.52 bits per heavy atom. The zero-order chi connectivity index (χ0) is 18.0. The second kappa shape index (κ2) is 5.61. The van der Waals surface area contributed by atoms with E-state index in [2.05, 4.69) is 22.9 Å². The molecule has 5 atom stereocenters. The van der Waals surface area contributed by atoms with Gasteiger partial charge in [0, 0.05) is 30.1 Å². The van der Waals surface area contributed by atoms with Gasteiger partial charge >= 0.3 is 0 Å². The van der Waals surface area contributed by atoms with E-state index >= 15 is 0 Å². The SMILES string of the molecule is CCC[C@]12CCC(=O)C=C1CC[C@H]1[C@@H]3CCC(=O)[C@@]3(C)CC(=O)[C@@]12Br. The molecule has 0 radical (unpaired) electrons. The fraction of sp³-hybridized carbons (Fsp3) is 0.762. The van der Waals surface area contributed by atoms with Crippen LogP contribution in [0.2, 0.25) is 0 Å². The lowest BCUT2D eigenvalue weighted by atomic mass is 9.45. The molecule has 0 saturated heterocycles. The molecule has 4 heteroatoms. The summed E-state index contributed by atoms with van der Waals surface area (Å²) in [7, 11) is 0. The summed E-state index contributed by atoms with van der Waals surface area (Å²) in [6, 6.07) is 0. The number of carbonyl (C=O) groups is 3. The van der Waals surface area contributed by atoms with Crippen LogP contribution in [0.1, 0.15) is 71.6 Å². The van der Waals surface area contributed by atoms with Crippen molar-refractivity contribution >= 4 is 33.3 Å². The lowest BCUT2D eigenvalue weighted by molar-refractivity contribution is -0.146. The molecule has 25 heavy (non-hydrogen) atoms. The first-order chi connectivity index (χ1) is 11.8. The second-order valence-electron chi connectivity index (χ2n) is 8.91. The summed E-state index contributed by atoms with van der Waals surface area (Å²) in [6.45, 7) is 4.19. The maximum Gasteiger partial charge on any atom is 0.155 e. The third kappa shape index (κ3) is 2.06. The van der Waals surface area contributed by atoms with Crippen LogP contribution in [0, 0.1) is 22.7 Å². The van der Waals surface area contributed by atoms with Crippen molar-refractivity contribution in [2.75, 3.05) is 0 Å². The van der Waals surface area contributed by atoms with Crippen molar-refractivity contribution in [2.45, 2.75) is 76.0 Å². The van der Waals surface area contributed by atoms with Crippen LogP contribution in [0.3, 0.4) is 0 Å². The Morgan fingerprint density at radius 2 is 1.80 bits per heavy atom. The van der Waals surface area contributed by atoms with Gasteiger partial charge < -0.3 is 0 Å².